The number of methoxy groups -OCH3 is 1. The first-order chi connectivity index (χ1) is 42.7. The summed E-state index contributed by atoms with van der Waals surface area (Å²) in [5, 5.41) is 0. The fourth-order valence-electron chi connectivity index (χ4n) is 10.7. The van der Waals surface area contributed by atoms with Gasteiger partial charge in [0.15, 0.2) is 12.6 Å². The lowest BCUT2D eigenvalue weighted by molar-refractivity contribution is -0.379. The first kappa shape index (κ1) is 65.1. The van der Waals surface area contributed by atoms with Crippen molar-refractivity contribution in [1.82, 2.24) is 0 Å². The van der Waals surface area contributed by atoms with Gasteiger partial charge in [0, 0.05) is 7.11 Å². The average Bonchev–Trinajstić information content (AvgIpc) is 1.66. The topological polar surface area (TPSA) is 163 Å². The van der Waals surface area contributed by atoms with Gasteiger partial charge in [-0.05, 0) is 38.9 Å². The van der Waals surface area contributed by atoms with E-state index in [1.54, 1.807) is 6.08 Å². The van der Waals surface area contributed by atoms with Crippen LogP contribution in [0.2, 0.25) is 0 Å². The van der Waals surface area contributed by atoms with Crippen LogP contribution in [-0.4, -0.2) is 143 Å². The van der Waals surface area contributed by atoms with Crippen LogP contribution in [0, 0.1) is 0 Å². The van der Waals surface area contributed by atoms with Crippen LogP contribution >= 0.6 is 0 Å². The van der Waals surface area contributed by atoms with Crippen molar-refractivity contribution in [1.29, 1.82) is 0 Å². The highest BCUT2D eigenvalue weighted by Gasteiger charge is 2.55. The van der Waals surface area contributed by atoms with E-state index >= 15 is 0 Å². The molecule has 9 rings (SSSR count). The molecule has 17 heteroatoms. The predicted molar refractivity (Wildman–Crippen MR) is 328 cm³/mol. The largest absolute Gasteiger partial charge is 0.377 e. The van der Waals surface area contributed by atoms with Crippen LogP contribution < -0.4 is 0 Å². The van der Waals surface area contributed by atoms with E-state index in [0.29, 0.717) is 26.4 Å². The van der Waals surface area contributed by atoms with Crippen LogP contribution in [-0.2, 0) is 108 Å². The predicted octanol–water partition coefficient (Wildman–Crippen LogP) is 10.4. The Hall–Kier alpha value is -6.33. The Labute approximate surface area is 512 Å². The van der Waals surface area contributed by atoms with Gasteiger partial charge >= 0.3 is 0 Å². The van der Waals surface area contributed by atoms with Gasteiger partial charge in [-0.1, -0.05) is 218 Å². The molecule has 0 unspecified atom stereocenters. The fourth-order valence-corrected chi connectivity index (χ4v) is 11.1. The van der Waals surface area contributed by atoms with Crippen LogP contribution in [0.3, 0.4) is 0 Å². The quantitative estimate of drug-likeness (QED) is 0.0158. The Balaban J connectivity index is 0.931. The van der Waals surface area contributed by atoms with E-state index in [1.165, 1.54) is 7.11 Å². The number of hydrogen-bond acceptors (Lipinski definition) is 16. The van der Waals surface area contributed by atoms with E-state index in [4.69, 9.17) is 65.8 Å². The Morgan fingerprint density at radius 2 is 0.782 bits per heavy atom. The number of ether oxygens (including phenoxy) is 13. The SMILES string of the molecule is C=CCO[C@@H]1[C@H](O[C@H]2O[C@H](COCCOCCOCCOC(c3ccccc3)(c3ccccc3)c3ccccc3)[C@H](OCc3ccccc3)[C@H](OCc3ccccc3)[C@H]2OCc2ccccc2)[C@@H](OC)O[C@H](COS(C)(=O)=O)[C@H]1OCc1ccccc1. The monoisotopic (exact) mass is 1210 g/mol. The second-order valence-corrected chi connectivity index (χ2v) is 22.6. The van der Waals surface area contributed by atoms with Crippen LogP contribution in [0.15, 0.2) is 225 Å². The van der Waals surface area contributed by atoms with E-state index < -0.39 is 83.7 Å². The van der Waals surface area contributed by atoms with Crippen LogP contribution in [0.5, 0.6) is 0 Å². The van der Waals surface area contributed by atoms with Gasteiger partial charge in [0.05, 0.1) is 92.1 Å². The third-order valence-electron chi connectivity index (χ3n) is 14.8. The molecule has 0 bridgehead atoms. The van der Waals surface area contributed by atoms with Crippen molar-refractivity contribution in [2.45, 2.75) is 93.4 Å². The molecule has 2 saturated heterocycles. The van der Waals surface area contributed by atoms with Gasteiger partial charge in [-0.3, -0.25) is 4.18 Å². The molecular formula is C70H80O16S. The summed E-state index contributed by atoms with van der Waals surface area (Å²) in [6, 6.07) is 69.8. The van der Waals surface area contributed by atoms with Gasteiger partial charge in [0.25, 0.3) is 10.1 Å². The van der Waals surface area contributed by atoms with Crippen LogP contribution in [0.1, 0.15) is 38.9 Å². The lowest BCUT2D eigenvalue weighted by Crippen LogP contribution is -2.66. The summed E-state index contributed by atoms with van der Waals surface area (Å²) in [5.41, 5.74) is 5.80. The highest BCUT2D eigenvalue weighted by atomic mass is 32.2. The van der Waals surface area contributed by atoms with E-state index in [1.807, 2.05) is 176 Å². The summed E-state index contributed by atoms with van der Waals surface area (Å²) in [7, 11) is -2.45. The molecule has 0 spiro atoms. The zero-order valence-electron chi connectivity index (χ0n) is 49.4. The molecule has 0 radical (unpaired) electrons. The molecule has 2 fully saturated rings. The fraction of sp³-hybridized carbons (Fsp3) is 0.371. The molecule has 0 saturated carbocycles. The minimum Gasteiger partial charge on any atom is -0.377 e. The van der Waals surface area contributed by atoms with Crippen molar-refractivity contribution in [3.05, 3.63) is 264 Å². The maximum absolute atomic E-state index is 12.5. The summed E-state index contributed by atoms with van der Waals surface area (Å²) in [4.78, 5) is 0. The smallest absolute Gasteiger partial charge is 0.264 e. The lowest BCUT2D eigenvalue weighted by Gasteiger charge is -2.50. The molecule has 2 aliphatic rings. The zero-order chi connectivity index (χ0) is 60.4. The van der Waals surface area contributed by atoms with Crippen molar-refractivity contribution in [3.8, 4) is 0 Å². The van der Waals surface area contributed by atoms with Gasteiger partial charge in [0.2, 0.25) is 0 Å². The third kappa shape index (κ3) is 19.1. The van der Waals surface area contributed by atoms with Gasteiger partial charge in [-0.2, -0.15) is 8.42 Å². The van der Waals surface area contributed by atoms with Crippen molar-refractivity contribution in [3.63, 3.8) is 0 Å². The lowest BCUT2D eigenvalue weighted by atomic mass is 9.80. The standard InChI is InChI=1S/C70H80O16S/c1-4-40-77-65-63(79-48-54-28-14-6-15-29-54)61(52-83-87(3,71)72)84-68(73-2)67(65)86-69-66(81-50-56-32-18-8-19-33-56)64(80-49-55-30-16-7-17-31-55)62(78-47-53-26-12-5-13-27-53)60(85-69)51-76-44-43-74-41-42-75-45-46-82-70(57-34-20-9-21-35-57,58-36-22-10-23-37-58)59-38-24-11-25-39-59/h4-39,60-69H,1,40-52H2,2-3H3/t60-,61-,62+,63-,64+,65+,66-,67+,68+,69-/m1/s1. The number of rotatable bonds is 36. The highest BCUT2D eigenvalue weighted by Crippen LogP contribution is 2.41. The molecule has 16 nitrogen and oxygen atoms in total. The van der Waals surface area contributed by atoms with Crippen LogP contribution in [0.4, 0.5) is 0 Å². The molecule has 7 aromatic carbocycles. The first-order valence-electron chi connectivity index (χ1n) is 29.4. The Kier molecular flexibility index (Phi) is 25.8. The van der Waals surface area contributed by atoms with Crippen molar-refractivity contribution in [2.75, 3.05) is 72.8 Å². The maximum Gasteiger partial charge on any atom is 0.264 e. The molecule has 7 aromatic rings. The second kappa shape index (κ2) is 34.4. The average molecular weight is 1210 g/mol. The highest BCUT2D eigenvalue weighted by molar-refractivity contribution is 7.86. The van der Waals surface area contributed by atoms with E-state index in [2.05, 4.69) is 43.0 Å². The second-order valence-electron chi connectivity index (χ2n) is 21.0. The van der Waals surface area contributed by atoms with Crippen molar-refractivity contribution in [2.24, 2.45) is 0 Å². The van der Waals surface area contributed by atoms with Gasteiger partial charge in [0.1, 0.15) is 54.4 Å². The molecular weight excluding hydrogens is 1130 g/mol. The van der Waals surface area contributed by atoms with E-state index in [0.717, 1.165) is 45.2 Å². The Morgan fingerprint density at radius 1 is 0.425 bits per heavy atom. The third-order valence-corrected chi connectivity index (χ3v) is 15.4. The number of benzene rings is 7. The summed E-state index contributed by atoms with van der Waals surface area (Å²) in [6.45, 7) is 6.04. The summed E-state index contributed by atoms with van der Waals surface area (Å²) < 4.78 is 117. The molecule has 462 valence electrons. The van der Waals surface area contributed by atoms with Crippen molar-refractivity contribution < 1.29 is 74.2 Å². The first-order valence-corrected chi connectivity index (χ1v) is 31.3. The van der Waals surface area contributed by atoms with Gasteiger partial charge < -0.3 is 61.6 Å². The molecule has 0 aromatic heterocycles. The van der Waals surface area contributed by atoms with Crippen LogP contribution in [0.25, 0.3) is 0 Å². The van der Waals surface area contributed by atoms with E-state index in [-0.39, 0.29) is 52.9 Å². The molecule has 2 heterocycles. The van der Waals surface area contributed by atoms with Gasteiger partial charge in [-0.15, -0.1) is 6.58 Å². The molecule has 87 heavy (non-hydrogen) atoms. The van der Waals surface area contributed by atoms with Gasteiger partial charge in [-0.25, -0.2) is 0 Å². The minimum absolute atomic E-state index is 0.0259. The molecule has 0 amide bonds. The molecule has 0 N–H and O–H groups in total. The summed E-state index contributed by atoms with van der Waals surface area (Å²) >= 11 is 0. The minimum atomic E-state index is -3.91. The zero-order valence-corrected chi connectivity index (χ0v) is 50.2. The summed E-state index contributed by atoms with van der Waals surface area (Å²) in [5.74, 6) is 0. The molecule has 2 aliphatic heterocycles. The summed E-state index contributed by atoms with van der Waals surface area (Å²) in [6.07, 6.45) is -7.32. The van der Waals surface area contributed by atoms with Crippen molar-refractivity contribution >= 4 is 10.1 Å². The Morgan fingerprint density at radius 3 is 1.20 bits per heavy atom. The van der Waals surface area contributed by atoms with E-state index in [9.17, 15) is 8.42 Å². The molecule has 0 aliphatic carbocycles. The molecule has 10 atom stereocenters. The maximum atomic E-state index is 12.5. The number of hydrogen-bond donors (Lipinski definition) is 0. The Bertz CT molecular complexity index is 3020. The normalized spacial score (nSPS) is 22.4.